The molecule has 0 spiro atoms. The molecule has 0 bridgehead atoms. The van der Waals surface area contributed by atoms with E-state index in [9.17, 15) is 0 Å². The summed E-state index contributed by atoms with van der Waals surface area (Å²) >= 11 is 0. The zero-order valence-corrected chi connectivity index (χ0v) is 15.2. The number of guanidine groups is 1. The van der Waals surface area contributed by atoms with Gasteiger partial charge in [-0.1, -0.05) is 30.3 Å². The first-order valence-electron chi connectivity index (χ1n) is 8.66. The van der Waals surface area contributed by atoms with Crippen molar-refractivity contribution in [1.29, 1.82) is 0 Å². The van der Waals surface area contributed by atoms with Gasteiger partial charge in [0.25, 0.3) is 0 Å². The molecule has 3 rings (SSSR count). The molecule has 1 aliphatic heterocycles. The molecule has 1 aromatic carbocycles. The van der Waals surface area contributed by atoms with Crippen LogP contribution in [0.25, 0.3) is 0 Å². The zero-order valence-electron chi connectivity index (χ0n) is 15.2. The molecule has 1 aliphatic rings. The Hall–Kier alpha value is -2.93. The Balaban J connectivity index is 2.06. The number of nitrogens with two attached hydrogens (primary N) is 1. The minimum Gasteiger partial charge on any atom is -0.478 e. The summed E-state index contributed by atoms with van der Waals surface area (Å²) in [5.74, 6) is 0.556. The number of rotatable bonds is 5. The summed E-state index contributed by atoms with van der Waals surface area (Å²) in [6.07, 6.45) is 1.66. The average molecular weight is 352 g/mol. The van der Waals surface area contributed by atoms with E-state index in [0.29, 0.717) is 24.3 Å². The zero-order chi connectivity index (χ0) is 18.6. The molecule has 26 heavy (non-hydrogen) atoms. The van der Waals surface area contributed by atoms with Gasteiger partial charge in [0, 0.05) is 29.4 Å². The van der Waals surface area contributed by atoms with Crippen molar-refractivity contribution in [3.63, 3.8) is 0 Å². The van der Waals surface area contributed by atoms with Gasteiger partial charge in [-0.3, -0.25) is 10.7 Å². The number of aromatic nitrogens is 1. The lowest BCUT2D eigenvalue weighted by Crippen LogP contribution is -2.61. The first-order valence-corrected chi connectivity index (χ1v) is 8.66. The van der Waals surface area contributed by atoms with Crippen LogP contribution in [0.5, 0.6) is 5.88 Å². The number of ether oxygens (including phenoxy) is 1. The SMILES string of the molecule is CCOc1cc(C2(N)N=C(c3ccccc3)NC(=NC(C)C)N2)ccn1. The predicted molar refractivity (Wildman–Crippen MR) is 103 cm³/mol. The fourth-order valence-corrected chi connectivity index (χ4v) is 2.62. The molecule has 7 nitrogen and oxygen atoms in total. The van der Waals surface area contributed by atoms with Gasteiger partial charge in [0.15, 0.2) is 5.96 Å². The highest BCUT2D eigenvalue weighted by molar-refractivity contribution is 6.10. The molecule has 0 amide bonds. The quantitative estimate of drug-likeness (QED) is 0.764. The standard InChI is InChI=1S/C19H24N6O/c1-4-26-16-12-15(10-11-21-16)19(20)24-17(14-8-6-5-7-9-14)23-18(25-19)22-13(2)3/h5-13H,4,20H2,1-3H3,(H2,22,23,24,25). The summed E-state index contributed by atoms with van der Waals surface area (Å²) in [5, 5.41) is 6.42. The van der Waals surface area contributed by atoms with Crippen LogP contribution in [-0.4, -0.2) is 29.4 Å². The van der Waals surface area contributed by atoms with Crippen LogP contribution < -0.4 is 21.1 Å². The van der Waals surface area contributed by atoms with Gasteiger partial charge in [-0.15, -0.1) is 0 Å². The van der Waals surface area contributed by atoms with Crippen molar-refractivity contribution in [1.82, 2.24) is 15.6 Å². The Kier molecular flexibility index (Phi) is 5.18. The largest absolute Gasteiger partial charge is 0.478 e. The number of hydrogen-bond donors (Lipinski definition) is 3. The molecule has 136 valence electrons. The molecular formula is C19H24N6O. The van der Waals surface area contributed by atoms with E-state index in [0.717, 1.165) is 11.1 Å². The highest BCUT2D eigenvalue weighted by Crippen LogP contribution is 2.23. The fraction of sp³-hybridized carbons (Fsp3) is 0.316. The summed E-state index contributed by atoms with van der Waals surface area (Å²) in [4.78, 5) is 13.5. The van der Waals surface area contributed by atoms with Gasteiger partial charge in [0.2, 0.25) is 11.7 Å². The monoisotopic (exact) mass is 352 g/mol. The predicted octanol–water partition coefficient (Wildman–Crippen LogP) is 1.95. The van der Waals surface area contributed by atoms with E-state index in [1.165, 1.54) is 0 Å². The summed E-state index contributed by atoms with van der Waals surface area (Å²) in [6.45, 7) is 6.44. The summed E-state index contributed by atoms with van der Waals surface area (Å²) in [7, 11) is 0. The second kappa shape index (κ2) is 7.53. The van der Waals surface area contributed by atoms with E-state index in [1.807, 2.05) is 57.2 Å². The van der Waals surface area contributed by atoms with E-state index in [2.05, 4.69) is 20.6 Å². The summed E-state index contributed by atoms with van der Waals surface area (Å²) < 4.78 is 5.50. The molecule has 0 aliphatic carbocycles. The Morgan fingerprint density at radius 3 is 2.69 bits per heavy atom. The number of benzene rings is 1. The minimum absolute atomic E-state index is 0.0980. The lowest BCUT2D eigenvalue weighted by atomic mass is 10.1. The molecule has 4 N–H and O–H groups in total. The van der Waals surface area contributed by atoms with Crippen molar-refractivity contribution >= 4 is 11.8 Å². The van der Waals surface area contributed by atoms with Crippen molar-refractivity contribution in [3.05, 3.63) is 59.8 Å². The first kappa shape index (κ1) is 17.9. The van der Waals surface area contributed by atoms with Crippen molar-refractivity contribution in [2.75, 3.05) is 6.61 Å². The lowest BCUT2D eigenvalue weighted by molar-refractivity contribution is 0.323. The van der Waals surface area contributed by atoms with Crippen LogP contribution in [-0.2, 0) is 5.79 Å². The van der Waals surface area contributed by atoms with E-state index in [4.69, 9.17) is 15.5 Å². The molecule has 0 radical (unpaired) electrons. The van der Waals surface area contributed by atoms with Gasteiger partial charge < -0.3 is 15.4 Å². The third kappa shape index (κ3) is 4.00. The van der Waals surface area contributed by atoms with Gasteiger partial charge >= 0.3 is 0 Å². The van der Waals surface area contributed by atoms with E-state index >= 15 is 0 Å². The molecule has 1 unspecified atom stereocenters. The van der Waals surface area contributed by atoms with Crippen molar-refractivity contribution in [3.8, 4) is 5.88 Å². The Labute approximate surface area is 153 Å². The molecule has 1 aromatic heterocycles. The molecule has 1 atom stereocenters. The van der Waals surface area contributed by atoms with Gasteiger partial charge in [0.05, 0.1) is 6.61 Å². The Morgan fingerprint density at radius 2 is 2.00 bits per heavy atom. The maximum Gasteiger partial charge on any atom is 0.213 e. The van der Waals surface area contributed by atoms with Crippen molar-refractivity contribution < 1.29 is 4.74 Å². The van der Waals surface area contributed by atoms with E-state index < -0.39 is 5.79 Å². The summed E-state index contributed by atoms with van der Waals surface area (Å²) in [5.41, 5.74) is 8.30. The van der Waals surface area contributed by atoms with E-state index in [1.54, 1.807) is 12.3 Å². The lowest BCUT2D eigenvalue weighted by Gasteiger charge is -2.34. The van der Waals surface area contributed by atoms with Crippen LogP contribution in [0.3, 0.4) is 0 Å². The average Bonchev–Trinajstić information content (AvgIpc) is 2.62. The second-order valence-corrected chi connectivity index (χ2v) is 6.23. The molecule has 2 aromatic rings. The van der Waals surface area contributed by atoms with Crippen LogP contribution >= 0.6 is 0 Å². The first-order chi connectivity index (χ1) is 12.5. The van der Waals surface area contributed by atoms with Crippen LogP contribution in [0, 0.1) is 0 Å². The number of pyridine rings is 1. The molecule has 0 fully saturated rings. The number of hydrogen-bond acceptors (Lipinski definition) is 5. The number of amidine groups is 1. The van der Waals surface area contributed by atoms with Crippen molar-refractivity contribution in [2.24, 2.45) is 15.7 Å². The molecule has 7 heteroatoms. The highest BCUT2D eigenvalue weighted by Gasteiger charge is 2.33. The minimum atomic E-state index is -1.18. The molecule has 0 saturated carbocycles. The second-order valence-electron chi connectivity index (χ2n) is 6.23. The van der Waals surface area contributed by atoms with Crippen LogP contribution in [0.2, 0.25) is 0 Å². The fourth-order valence-electron chi connectivity index (χ4n) is 2.62. The molecule has 2 heterocycles. The third-order valence-electron chi connectivity index (χ3n) is 3.74. The summed E-state index contributed by atoms with van der Waals surface area (Å²) in [6, 6.07) is 13.5. The Bertz CT molecular complexity index is 818. The smallest absolute Gasteiger partial charge is 0.213 e. The van der Waals surface area contributed by atoms with Gasteiger partial charge in [-0.05, 0) is 26.8 Å². The maximum atomic E-state index is 6.64. The van der Waals surface area contributed by atoms with E-state index in [-0.39, 0.29) is 6.04 Å². The van der Waals surface area contributed by atoms with Gasteiger partial charge in [0.1, 0.15) is 5.84 Å². The highest BCUT2D eigenvalue weighted by atomic mass is 16.5. The normalized spacial score (nSPS) is 21.1. The third-order valence-corrected chi connectivity index (χ3v) is 3.74. The Morgan fingerprint density at radius 1 is 1.23 bits per heavy atom. The van der Waals surface area contributed by atoms with Crippen molar-refractivity contribution in [2.45, 2.75) is 32.6 Å². The maximum absolute atomic E-state index is 6.64. The molecular weight excluding hydrogens is 328 g/mol. The number of aliphatic imine (C=N–C) groups is 2. The topological polar surface area (TPSA) is 96.9 Å². The van der Waals surface area contributed by atoms with Crippen LogP contribution in [0.1, 0.15) is 31.9 Å². The molecule has 0 saturated heterocycles. The number of nitrogens with one attached hydrogen (secondary N) is 2. The van der Waals surface area contributed by atoms with Gasteiger partial charge in [-0.25, -0.2) is 9.98 Å². The van der Waals surface area contributed by atoms with Gasteiger partial charge in [-0.2, -0.15) is 0 Å². The van der Waals surface area contributed by atoms with Crippen LogP contribution in [0.4, 0.5) is 0 Å². The number of nitrogens with zero attached hydrogens (tertiary/aromatic N) is 3. The van der Waals surface area contributed by atoms with Crippen LogP contribution in [0.15, 0.2) is 58.6 Å².